The largest absolute Gasteiger partial charge is 0.463 e. The van der Waals surface area contributed by atoms with Gasteiger partial charge in [-0.2, -0.15) is 0 Å². The van der Waals surface area contributed by atoms with Gasteiger partial charge in [0.25, 0.3) is 0 Å². The molecule has 10 heteroatoms. The van der Waals surface area contributed by atoms with E-state index in [2.05, 4.69) is 21.3 Å². The molecule has 0 radical (unpaired) electrons. The second-order valence-electron chi connectivity index (χ2n) is 9.46. The van der Waals surface area contributed by atoms with Crippen molar-refractivity contribution in [3.05, 3.63) is 48.0 Å². The number of carbonyl (C=O) groups excluding carboxylic acids is 5. The molecule has 0 aromatic heterocycles. The van der Waals surface area contributed by atoms with Crippen molar-refractivity contribution in [2.45, 2.75) is 57.5 Å². The molecule has 1 saturated heterocycles. The van der Waals surface area contributed by atoms with Crippen molar-refractivity contribution in [1.29, 1.82) is 0 Å². The summed E-state index contributed by atoms with van der Waals surface area (Å²) in [6.45, 7) is 2.88. The molecule has 1 saturated carbocycles. The van der Waals surface area contributed by atoms with Gasteiger partial charge in [0.2, 0.25) is 11.8 Å². The van der Waals surface area contributed by atoms with Crippen LogP contribution in [0.25, 0.3) is 0 Å². The number of ether oxygens (including phenoxy) is 1. The highest BCUT2D eigenvalue weighted by Crippen LogP contribution is 2.25. The van der Waals surface area contributed by atoms with Crippen molar-refractivity contribution in [1.82, 2.24) is 21.3 Å². The van der Waals surface area contributed by atoms with Crippen LogP contribution >= 0.6 is 0 Å². The third kappa shape index (κ3) is 9.04. The molecule has 4 amide bonds. The summed E-state index contributed by atoms with van der Waals surface area (Å²) in [6.07, 6.45) is 6.95. The lowest BCUT2D eigenvalue weighted by Crippen LogP contribution is -2.54. The SMILES string of the molecule is CCOC(=O)C=CC(CC1CCNC1=O)NC(=O)C(Cc1ccccc1)NC(=O)C(=O)NCC1CCC1. The summed E-state index contributed by atoms with van der Waals surface area (Å²) in [6, 6.07) is 7.43. The maximum atomic E-state index is 13.4. The van der Waals surface area contributed by atoms with Gasteiger partial charge in [-0.15, -0.1) is 0 Å². The molecule has 10 nitrogen and oxygen atoms in total. The molecule has 0 bridgehead atoms. The predicted octanol–water partition coefficient (Wildman–Crippen LogP) is 0.761. The van der Waals surface area contributed by atoms with E-state index in [1.54, 1.807) is 6.92 Å². The van der Waals surface area contributed by atoms with Crippen molar-refractivity contribution in [3.8, 4) is 0 Å². The molecule has 1 aliphatic heterocycles. The first-order chi connectivity index (χ1) is 17.9. The summed E-state index contributed by atoms with van der Waals surface area (Å²) in [4.78, 5) is 62.3. The van der Waals surface area contributed by atoms with Crippen molar-refractivity contribution < 1.29 is 28.7 Å². The molecule has 2 aliphatic rings. The normalized spacial score (nSPS) is 18.8. The Morgan fingerprint density at radius 3 is 2.46 bits per heavy atom. The molecule has 2 fully saturated rings. The number of hydrogen-bond acceptors (Lipinski definition) is 6. The van der Waals surface area contributed by atoms with Gasteiger partial charge in [-0.05, 0) is 44.1 Å². The smallest absolute Gasteiger partial charge is 0.330 e. The Morgan fingerprint density at radius 1 is 1.08 bits per heavy atom. The van der Waals surface area contributed by atoms with Crippen LogP contribution in [0.3, 0.4) is 0 Å². The minimum atomic E-state index is -1.04. The van der Waals surface area contributed by atoms with Gasteiger partial charge >= 0.3 is 17.8 Å². The molecule has 1 heterocycles. The Balaban J connectivity index is 1.70. The lowest BCUT2D eigenvalue weighted by molar-refractivity contribution is -0.141. The summed E-state index contributed by atoms with van der Waals surface area (Å²) >= 11 is 0. The van der Waals surface area contributed by atoms with Gasteiger partial charge in [0, 0.05) is 37.5 Å². The van der Waals surface area contributed by atoms with Crippen molar-refractivity contribution in [3.63, 3.8) is 0 Å². The minimum Gasteiger partial charge on any atom is -0.463 e. The van der Waals surface area contributed by atoms with Crippen LogP contribution in [0.4, 0.5) is 0 Å². The van der Waals surface area contributed by atoms with E-state index >= 15 is 0 Å². The van der Waals surface area contributed by atoms with Gasteiger partial charge < -0.3 is 26.0 Å². The molecule has 3 unspecified atom stereocenters. The first-order valence-electron chi connectivity index (χ1n) is 12.9. The quantitative estimate of drug-likeness (QED) is 0.185. The van der Waals surface area contributed by atoms with Crippen LogP contribution in [-0.4, -0.2) is 61.4 Å². The zero-order valence-electron chi connectivity index (χ0n) is 21.2. The number of carbonyl (C=O) groups is 5. The van der Waals surface area contributed by atoms with E-state index in [1.165, 1.54) is 12.2 Å². The van der Waals surface area contributed by atoms with E-state index in [0.717, 1.165) is 24.8 Å². The summed E-state index contributed by atoms with van der Waals surface area (Å²) in [5.41, 5.74) is 0.798. The van der Waals surface area contributed by atoms with Crippen LogP contribution in [-0.2, 0) is 35.1 Å². The fraction of sp³-hybridized carbons (Fsp3) is 0.519. The van der Waals surface area contributed by atoms with Gasteiger partial charge in [-0.3, -0.25) is 19.2 Å². The zero-order valence-corrected chi connectivity index (χ0v) is 21.2. The van der Waals surface area contributed by atoms with E-state index in [0.29, 0.717) is 25.4 Å². The molecule has 3 rings (SSSR count). The average Bonchev–Trinajstić information content (AvgIpc) is 3.25. The Morgan fingerprint density at radius 2 is 1.84 bits per heavy atom. The maximum Gasteiger partial charge on any atom is 0.330 e. The number of benzene rings is 1. The summed E-state index contributed by atoms with van der Waals surface area (Å²) in [5, 5.41) is 10.8. The molecular weight excluding hydrogens is 476 g/mol. The second-order valence-corrected chi connectivity index (χ2v) is 9.46. The lowest BCUT2D eigenvalue weighted by atomic mass is 9.85. The number of hydrogen-bond donors (Lipinski definition) is 4. The third-order valence-electron chi connectivity index (χ3n) is 6.67. The lowest BCUT2D eigenvalue weighted by Gasteiger charge is -2.25. The van der Waals surface area contributed by atoms with Gasteiger partial charge in [-0.25, -0.2) is 4.79 Å². The van der Waals surface area contributed by atoms with Crippen molar-refractivity contribution >= 4 is 29.6 Å². The van der Waals surface area contributed by atoms with Crippen molar-refractivity contribution in [2.75, 3.05) is 19.7 Å². The number of amides is 4. The Kier molecular flexibility index (Phi) is 10.7. The van der Waals surface area contributed by atoms with Gasteiger partial charge in [0.1, 0.15) is 6.04 Å². The molecule has 0 spiro atoms. The van der Waals surface area contributed by atoms with E-state index in [9.17, 15) is 24.0 Å². The van der Waals surface area contributed by atoms with Crippen LogP contribution < -0.4 is 21.3 Å². The Hall–Kier alpha value is -3.69. The fourth-order valence-electron chi connectivity index (χ4n) is 4.33. The molecule has 37 heavy (non-hydrogen) atoms. The average molecular weight is 513 g/mol. The third-order valence-corrected chi connectivity index (χ3v) is 6.67. The highest BCUT2D eigenvalue weighted by atomic mass is 16.5. The summed E-state index contributed by atoms with van der Waals surface area (Å²) < 4.78 is 4.93. The van der Waals surface area contributed by atoms with E-state index in [-0.39, 0.29) is 31.3 Å². The molecular formula is C27H36N4O6. The van der Waals surface area contributed by atoms with Crippen LogP contribution in [0.2, 0.25) is 0 Å². The Bertz CT molecular complexity index is 992. The van der Waals surface area contributed by atoms with Crippen LogP contribution in [0.15, 0.2) is 42.5 Å². The molecule has 1 aromatic carbocycles. The first kappa shape index (κ1) is 27.9. The number of nitrogens with one attached hydrogen (secondary N) is 4. The molecule has 200 valence electrons. The second kappa shape index (κ2) is 14.2. The summed E-state index contributed by atoms with van der Waals surface area (Å²) in [5.74, 6) is -2.79. The van der Waals surface area contributed by atoms with E-state index < -0.39 is 35.8 Å². The van der Waals surface area contributed by atoms with Crippen LogP contribution in [0.5, 0.6) is 0 Å². The monoisotopic (exact) mass is 512 g/mol. The highest BCUT2D eigenvalue weighted by Gasteiger charge is 2.30. The highest BCUT2D eigenvalue weighted by molar-refractivity contribution is 6.35. The van der Waals surface area contributed by atoms with E-state index in [4.69, 9.17) is 4.74 Å². The number of rotatable bonds is 12. The van der Waals surface area contributed by atoms with Crippen LogP contribution in [0, 0.1) is 11.8 Å². The van der Waals surface area contributed by atoms with Gasteiger partial charge in [0.05, 0.1) is 6.61 Å². The molecule has 1 aromatic rings. The maximum absolute atomic E-state index is 13.4. The van der Waals surface area contributed by atoms with Crippen molar-refractivity contribution in [2.24, 2.45) is 11.8 Å². The fourth-order valence-corrected chi connectivity index (χ4v) is 4.33. The topological polar surface area (TPSA) is 143 Å². The molecule has 1 aliphatic carbocycles. The summed E-state index contributed by atoms with van der Waals surface area (Å²) in [7, 11) is 0. The molecule has 3 atom stereocenters. The van der Waals surface area contributed by atoms with Crippen LogP contribution in [0.1, 0.15) is 44.6 Å². The standard InChI is InChI=1S/C27H36N4O6/c1-2-37-23(32)12-11-21(16-20-13-14-28-24(20)33)30-25(34)22(15-18-7-4-3-5-8-18)31-27(36)26(35)29-17-19-9-6-10-19/h3-5,7-8,11-12,19-22H,2,6,9-10,13-17H2,1H3,(H,28,33)(H,29,35)(H,30,34)(H,31,36). The predicted molar refractivity (Wildman–Crippen MR) is 136 cm³/mol. The number of esters is 1. The molecule has 4 N–H and O–H groups in total. The van der Waals surface area contributed by atoms with Gasteiger partial charge in [0.15, 0.2) is 0 Å². The Labute approximate surface area is 217 Å². The first-order valence-corrected chi connectivity index (χ1v) is 12.9. The zero-order chi connectivity index (χ0) is 26.6. The van der Waals surface area contributed by atoms with E-state index in [1.807, 2.05) is 30.3 Å². The minimum absolute atomic E-state index is 0.110. The van der Waals surface area contributed by atoms with Gasteiger partial charge in [-0.1, -0.05) is 42.8 Å².